The van der Waals surface area contributed by atoms with Crippen molar-refractivity contribution >= 4 is 5.91 Å². The number of aryl methyl sites for hydroxylation is 1. The van der Waals surface area contributed by atoms with Gasteiger partial charge in [0.1, 0.15) is 5.75 Å². The van der Waals surface area contributed by atoms with Crippen LogP contribution in [0.2, 0.25) is 0 Å². The molecule has 1 aromatic rings. The van der Waals surface area contributed by atoms with E-state index in [9.17, 15) is 4.79 Å². The van der Waals surface area contributed by atoms with E-state index in [0.29, 0.717) is 5.75 Å². The smallest absolute Gasteiger partial charge is 0.284 e. The van der Waals surface area contributed by atoms with E-state index in [1.165, 1.54) is 7.11 Å². The highest BCUT2D eigenvalue weighted by Gasteiger charge is 2.13. The van der Waals surface area contributed by atoms with Gasteiger partial charge in [0.25, 0.3) is 5.91 Å². The molecule has 0 bridgehead atoms. The highest BCUT2D eigenvalue weighted by molar-refractivity contribution is 5.79. The van der Waals surface area contributed by atoms with Gasteiger partial charge >= 0.3 is 0 Å². The fourth-order valence-electron chi connectivity index (χ4n) is 1.06. The van der Waals surface area contributed by atoms with Gasteiger partial charge in [-0.15, -0.1) is 0 Å². The molecule has 0 aliphatic carbocycles. The average molecular weight is 209 g/mol. The van der Waals surface area contributed by atoms with Gasteiger partial charge in [0.2, 0.25) is 0 Å². The molecule has 1 amide bonds. The van der Waals surface area contributed by atoms with Gasteiger partial charge in [-0.3, -0.25) is 9.63 Å². The lowest BCUT2D eigenvalue weighted by Gasteiger charge is -2.13. The SMILES string of the molecule is CONC(=O)C(C)Oc1ccc(C)cc1. The van der Waals surface area contributed by atoms with Crippen LogP contribution >= 0.6 is 0 Å². The van der Waals surface area contributed by atoms with Crippen LogP contribution in [0.25, 0.3) is 0 Å². The summed E-state index contributed by atoms with van der Waals surface area (Å²) in [7, 11) is 1.39. The van der Waals surface area contributed by atoms with Crippen molar-refractivity contribution in [1.82, 2.24) is 5.48 Å². The molecule has 1 N–H and O–H groups in total. The van der Waals surface area contributed by atoms with Crippen molar-refractivity contribution in [2.24, 2.45) is 0 Å². The van der Waals surface area contributed by atoms with Gasteiger partial charge in [-0.05, 0) is 26.0 Å². The number of hydroxylamine groups is 1. The molecule has 0 aliphatic heterocycles. The summed E-state index contributed by atoms with van der Waals surface area (Å²) in [5.41, 5.74) is 3.36. The Morgan fingerprint density at radius 2 is 1.93 bits per heavy atom. The highest BCUT2D eigenvalue weighted by atomic mass is 16.6. The summed E-state index contributed by atoms with van der Waals surface area (Å²) in [6.07, 6.45) is -0.576. The van der Waals surface area contributed by atoms with Crippen molar-refractivity contribution in [3.8, 4) is 5.75 Å². The molecular weight excluding hydrogens is 194 g/mol. The van der Waals surface area contributed by atoms with E-state index in [1.807, 2.05) is 31.2 Å². The van der Waals surface area contributed by atoms with E-state index in [-0.39, 0.29) is 5.91 Å². The maximum atomic E-state index is 11.3. The Bertz CT molecular complexity index is 321. The minimum atomic E-state index is -0.576. The largest absolute Gasteiger partial charge is 0.481 e. The van der Waals surface area contributed by atoms with Crippen molar-refractivity contribution in [3.63, 3.8) is 0 Å². The number of hydrogen-bond donors (Lipinski definition) is 1. The highest BCUT2D eigenvalue weighted by Crippen LogP contribution is 2.13. The van der Waals surface area contributed by atoms with E-state index >= 15 is 0 Å². The summed E-state index contributed by atoms with van der Waals surface area (Å²) in [6.45, 7) is 3.65. The van der Waals surface area contributed by atoms with Gasteiger partial charge in [-0.2, -0.15) is 0 Å². The molecule has 82 valence electrons. The average Bonchev–Trinajstić information content (AvgIpc) is 2.22. The molecule has 15 heavy (non-hydrogen) atoms. The van der Waals surface area contributed by atoms with E-state index in [2.05, 4.69) is 10.3 Å². The zero-order valence-electron chi connectivity index (χ0n) is 9.11. The molecule has 0 fully saturated rings. The zero-order valence-corrected chi connectivity index (χ0v) is 9.11. The Morgan fingerprint density at radius 3 is 2.47 bits per heavy atom. The fraction of sp³-hybridized carbons (Fsp3) is 0.364. The summed E-state index contributed by atoms with van der Waals surface area (Å²) in [4.78, 5) is 15.8. The number of carbonyl (C=O) groups excluding carboxylic acids is 1. The quantitative estimate of drug-likeness (QED) is 0.763. The standard InChI is InChI=1S/C11H15NO3/c1-8-4-6-10(7-5-8)15-9(2)11(13)12-14-3/h4-7,9H,1-3H3,(H,12,13). The minimum absolute atomic E-state index is 0.307. The third-order valence-electron chi connectivity index (χ3n) is 1.91. The summed E-state index contributed by atoms with van der Waals surface area (Å²) in [5, 5.41) is 0. The number of benzene rings is 1. The molecule has 1 aromatic carbocycles. The van der Waals surface area contributed by atoms with E-state index in [0.717, 1.165) is 5.56 Å². The molecule has 0 saturated heterocycles. The molecule has 0 heterocycles. The van der Waals surface area contributed by atoms with Crippen LogP contribution in [0, 0.1) is 6.92 Å². The Hall–Kier alpha value is -1.55. The summed E-state index contributed by atoms with van der Waals surface area (Å²) in [6, 6.07) is 7.50. The molecule has 1 rings (SSSR count). The second-order valence-electron chi connectivity index (χ2n) is 3.24. The van der Waals surface area contributed by atoms with Gasteiger partial charge < -0.3 is 4.74 Å². The molecule has 0 spiro atoms. The number of hydrogen-bond acceptors (Lipinski definition) is 3. The van der Waals surface area contributed by atoms with Crippen LogP contribution in [0.3, 0.4) is 0 Å². The summed E-state index contributed by atoms with van der Waals surface area (Å²) >= 11 is 0. The zero-order chi connectivity index (χ0) is 11.3. The van der Waals surface area contributed by atoms with Crippen LogP contribution in [0.4, 0.5) is 0 Å². The minimum Gasteiger partial charge on any atom is -0.481 e. The van der Waals surface area contributed by atoms with Crippen molar-refractivity contribution in [1.29, 1.82) is 0 Å². The first-order valence-corrected chi connectivity index (χ1v) is 4.69. The Labute approximate surface area is 89.1 Å². The molecule has 4 heteroatoms. The lowest BCUT2D eigenvalue weighted by atomic mass is 10.2. The first-order valence-electron chi connectivity index (χ1n) is 4.69. The molecule has 1 atom stereocenters. The van der Waals surface area contributed by atoms with Crippen LogP contribution in [0.15, 0.2) is 24.3 Å². The van der Waals surface area contributed by atoms with Gasteiger partial charge in [0.15, 0.2) is 6.10 Å². The summed E-state index contributed by atoms with van der Waals surface area (Å²) < 4.78 is 5.39. The number of amides is 1. The van der Waals surface area contributed by atoms with Crippen LogP contribution < -0.4 is 10.2 Å². The van der Waals surface area contributed by atoms with Crippen molar-refractivity contribution in [2.45, 2.75) is 20.0 Å². The van der Waals surface area contributed by atoms with Crippen LogP contribution in [0.1, 0.15) is 12.5 Å². The van der Waals surface area contributed by atoms with Gasteiger partial charge in [0.05, 0.1) is 7.11 Å². The van der Waals surface area contributed by atoms with Crippen molar-refractivity contribution in [2.75, 3.05) is 7.11 Å². The Kier molecular flexibility index (Phi) is 4.12. The molecule has 4 nitrogen and oxygen atoms in total. The predicted molar refractivity (Wildman–Crippen MR) is 56.4 cm³/mol. The van der Waals surface area contributed by atoms with E-state index in [4.69, 9.17) is 4.74 Å². The summed E-state index contributed by atoms with van der Waals surface area (Å²) in [5.74, 6) is 0.359. The first kappa shape index (κ1) is 11.5. The van der Waals surface area contributed by atoms with Crippen LogP contribution in [0.5, 0.6) is 5.75 Å². The predicted octanol–water partition coefficient (Wildman–Crippen LogP) is 1.44. The molecule has 0 saturated carbocycles. The number of rotatable bonds is 4. The number of carbonyl (C=O) groups is 1. The maximum absolute atomic E-state index is 11.3. The lowest BCUT2D eigenvalue weighted by molar-refractivity contribution is -0.137. The molecule has 0 aliphatic rings. The second kappa shape index (κ2) is 5.36. The molecule has 1 unspecified atom stereocenters. The normalized spacial score (nSPS) is 11.9. The number of nitrogens with one attached hydrogen (secondary N) is 1. The van der Waals surface area contributed by atoms with Crippen molar-refractivity contribution in [3.05, 3.63) is 29.8 Å². The molecular formula is C11H15NO3. The van der Waals surface area contributed by atoms with E-state index < -0.39 is 6.10 Å². The molecule has 0 radical (unpaired) electrons. The van der Waals surface area contributed by atoms with Crippen LogP contribution in [-0.4, -0.2) is 19.1 Å². The van der Waals surface area contributed by atoms with Gasteiger partial charge in [0, 0.05) is 0 Å². The van der Waals surface area contributed by atoms with Crippen molar-refractivity contribution < 1.29 is 14.4 Å². The number of ether oxygens (including phenoxy) is 1. The third kappa shape index (κ3) is 3.59. The Balaban J connectivity index is 2.54. The van der Waals surface area contributed by atoms with Gasteiger partial charge in [-0.1, -0.05) is 17.7 Å². The third-order valence-corrected chi connectivity index (χ3v) is 1.91. The second-order valence-corrected chi connectivity index (χ2v) is 3.24. The fourth-order valence-corrected chi connectivity index (χ4v) is 1.06. The lowest BCUT2D eigenvalue weighted by Crippen LogP contribution is -2.35. The van der Waals surface area contributed by atoms with Gasteiger partial charge in [-0.25, -0.2) is 5.48 Å². The molecule has 0 aromatic heterocycles. The maximum Gasteiger partial charge on any atom is 0.284 e. The topological polar surface area (TPSA) is 47.6 Å². The first-order chi connectivity index (χ1) is 7.13. The monoisotopic (exact) mass is 209 g/mol. The van der Waals surface area contributed by atoms with E-state index in [1.54, 1.807) is 6.92 Å². The van der Waals surface area contributed by atoms with Crippen LogP contribution in [-0.2, 0) is 9.63 Å². The Morgan fingerprint density at radius 1 is 1.33 bits per heavy atom.